The molecule has 1 N–H and O–H groups in total. The molecule has 0 aliphatic heterocycles. The average Bonchev–Trinajstić information content (AvgIpc) is 2.45. The van der Waals surface area contributed by atoms with Gasteiger partial charge in [0.15, 0.2) is 0 Å². The minimum absolute atomic E-state index is 0.0499. The molecule has 1 atom stereocenters. The van der Waals surface area contributed by atoms with Crippen molar-refractivity contribution >= 4 is 0 Å². The Balaban J connectivity index is 2.45. The summed E-state index contributed by atoms with van der Waals surface area (Å²) in [4.78, 5) is 8.09. The van der Waals surface area contributed by atoms with E-state index in [0.717, 1.165) is 29.7 Å². The molecule has 0 fully saturated rings. The van der Waals surface area contributed by atoms with Crippen LogP contribution in [0.4, 0.5) is 4.39 Å². The number of nitrogens with zero attached hydrogens (tertiary/aromatic N) is 2. The van der Waals surface area contributed by atoms with Crippen LogP contribution in [0.3, 0.4) is 0 Å². The van der Waals surface area contributed by atoms with Crippen molar-refractivity contribution in [3.05, 3.63) is 59.4 Å². The molecule has 3 nitrogen and oxygen atoms in total. The molecule has 100 valence electrons. The van der Waals surface area contributed by atoms with E-state index in [1.807, 2.05) is 19.2 Å². The van der Waals surface area contributed by atoms with Gasteiger partial charge in [-0.25, -0.2) is 4.39 Å². The van der Waals surface area contributed by atoms with Gasteiger partial charge >= 0.3 is 0 Å². The molecule has 2 aromatic rings. The Labute approximate surface area is 112 Å². The van der Waals surface area contributed by atoms with Gasteiger partial charge in [-0.3, -0.25) is 9.97 Å². The number of aromatic nitrogens is 2. The number of halogens is 1. The zero-order chi connectivity index (χ0) is 13.7. The smallest absolute Gasteiger partial charge is 0.141 e. The van der Waals surface area contributed by atoms with Crippen LogP contribution in [0.1, 0.15) is 36.6 Å². The van der Waals surface area contributed by atoms with Gasteiger partial charge in [-0.2, -0.15) is 0 Å². The second-order valence-corrected chi connectivity index (χ2v) is 4.36. The molecule has 0 saturated carbocycles. The number of hydrogen-bond donors (Lipinski definition) is 1. The van der Waals surface area contributed by atoms with Gasteiger partial charge in [0.25, 0.3) is 0 Å². The summed E-state index contributed by atoms with van der Waals surface area (Å²) in [7, 11) is 0. The standard InChI is InChI=1S/C15H18FN3/c1-3-11-8-17-6-5-14(11)15(19-4-2)12-7-13(16)10-18-9-12/h5-10,15,19H,3-4H2,1-2H3. The molecule has 0 radical (unpaired) electrons. The summed E-state index contributed by atoms with van der Waals surface area (Å²) < 4.78 is 13.4. The van der Waals surface area contributed by atoms with Gasteiger partial charge in [0.05, 0.1) is 12.2 Å². The summed E-state index contributed by atoms with van der Waals surface area (Å²) in [5.41, 5.74) is 3.13. The van der Waals surface area contributed by atoms with Gasteiger partial charge in [-0.1, -0.05) is 13.8 Å². The van der Waals surface area contributed by atoms with Crippen molar-refractivity contribution in [1.29, 1.82) is 0 Å². The maximum atomic E-state index is 13.4. The lowest BCUT2D eigenvalue weighted by Gasteiger charge is -2.21. The van der Waals surface area contributed by atoms with Crippen molar-refractivity contribution < 1.29 is 4.39 Å². The number of aryl methyl sites for hydroxylation is 1. The molecule has 2 aromatic heterocycles. The third kappa shape index (κ3) is 3.15. The predicted molar refractivity (Wildman–Crippen MR) is 73.3 cm³/mol. The number of nitrogens with one attached hydrogen (secondary N) is 1. The summed E-state index contributed by atoms with van der Waals surface area (Å²) in [5, 5.41) is 3.38. The Hall–Kier alpha value is -1.81. The lowest BCUT2D eigenvalue weighted by atomic mass is 9.95. The average molecular weight is 259 g/mol. The zero-order valence-corrected chi connectivity index (χ0v) is 11.2. The van der Waals surface area contributed by atoms with E-state index in [1.54, 1.807) is 12.4 Å². The molecular formula is C15H18FN3. The predicted octanol–water partition coefficient (Wildman–Crippen LogP) is 2.88. The molecule has 2 rings (SSSR count). The van der Waals surface area contributed by atoms with E-state index >= 15 is 0 Å². The van der Waals surface area contributed by atoms with E-state index in [1.165, 1.54) is 12.3 Å². The molecule has 0 aliphatic carbocycles. The fourth-order valence-electron chi connectivity index (χ4n) is 2.21. The molecule has 0 aliphatic rings. The van der Waals surface area contributed by atoms with E-state index in [-0.39, 0.29) is 11.9 Å². The first-order chi connectivity index (χ1) is 9.26. The topological polar surface area (TPSA) is 37.8 Å². The first-order valence-corrected chi connectivity index (χ1v) is 6.52. The Kier molecular flexibility index (Phi) is 4.58. The summed E-state index contributed by atoms with van der Waals surface area (Å²) in [6.07, 6.45) is 7.46. The Morgan fingerprint density at radius 1 is 1.21 bits per heavy atom. The van der Waals surface area contributed by atoms with Crippen molar-refractivity contribution in [1.82, 2.24) is 15.3 Å². The molecule has 0 bridgehead atoms. The van der Waals surface area contributed by atoms with Crippen LogP contribution in [0, 0.1) is 5.82 Å². The normalized spacial score (nSPS) is 12.4. The molecule has 1 unspecified atom stereocenters. The minimum atomic E-state index is -0.312. The van der Waals surface area contributed by atoms with E-state index in [2.05, 4.69) is 22.2 Å². The molecule has 0 saturated heterocycles. The number of pyridine rings is 2. The van der Waals surface area contributed by atoms with Crippen molar-refractivity contribution in [2.75, 3.05) is 6.54 Å². The molecule has 2 heterocycles. The summed E-state index contributed by atoms with van der Waals surface area (Å²) in [5.74, 6) is -0.312. The Morgan fingerprint density at radius 2 is 2.05 bits per heavy atom. The SMILES string of the molecule is CCNC(c1cncc(F)c1)c1ccncc1CC. The third-order valence-corrected chi connectivity index (χ3v) is 3.10. The summed E-state index contributed by atoms with van der Waals surface area (Å²) in [6.45, 7) is 4.92. The lowest BCUT2D eigenvalue weighted by Crippen LogP contribution is -2.23. The maximum Gasteiger partial charge on any atom is 0.141 e. The van der Waals surface area contributed by atoms with Crippen LogP contribution < -0.4 is 5.32 Å². The van der Waals surface area contributed by atoms with Crippen LogP contribution in [0.5, 0.6) is 0 Å². The fraction of sp³-hybridized carbons (Fsp3) is 0.333. The third-order valence-electron chi connectivity index (χ3n) is 3.10. The first kappa shape index (κ1) is 13.6. The van der Waals surface area contributed by atoms with Gasteiger partial charge < -0.3 is 5.32 Å². The number of rotatable bonds is 5. The van der Waals surface area contributed by atoms with Crippen molar-refractivity contribution in [2.45, 2.75) is 26.3 Å². The van der Waals surface area contributed by atoms with E-state index < -0.39 is 0 Å². The highest BCUT2D eigenvalue weighted by molar-refractivity contribution is 5.34. The Bertz CT molecular complexity index is 542. The van der Waals surface area contributed by atoms with E-state index in [9.17, 15) is 4.39 Å². The first-order valence-electron chi connectivity index (χ1n) is 6.52. The second kappa shape index (κ2) is 6.38. The maximum absolute atomic E-state index is 13.4. The zero-order valence-electron chi connectivity index (χ0n) is 11.2. The van der Waals surface area contributed by atoms with Crippen LogP contribution in [-0.4, -0.2) is 16.5 Å². The van der Waals surface area contributed by atoms with Gasteiger partial charge in [-0.05, 0) is 41.8 Å². The monoisotopic (exact) mass is 259 g/mol. The largest absolute Gasteiger partial charge is 0.306 e. The van der Waals surface area contributed by atoms with Crippen LogP contribution in [0.2, 0.25) is 0 Å². The van der Waals surface area contributed by atoms with Crippen molar-refractivity contribution in [3.8, 4) is 0 Å². The highest BCUT2D eigenvalue weighted by Gasteiger charge is 2.16. The molecule has 4 heteroatoms. The molecule has 0 aromatic carbocycles. The molecule has 19 heavy (non-hydrogen) atoms. The van der Waals surface area contributed by atoms with Crippen molar-refractivity contribution in [2.24, 2.45) is 0 Å². The number of hydrogen-bond acceptors (Lipinski definition) is 3. The fourth-order valence-corrected chi connectivity index (χ4v) is 2.21. The van der Waals surface area contributed by atoms with Crippen LogP contribution in [0.25, 0.3) is 0 Å². The van der Waals surface area contributed by atoms with Crippen molar-refractivity contribution in [3.63, 3.8) is 0 Å². The van der Waals surface area contributed by atoms with Gasteiger partial charge in [0, 0.05) is 18.6 Å². The highest BCUT2D eigenvalue weighted by Crippen LogP contribution is 2.24. The highest BCUT2D eigenvalue weighted by atomic mass is 19.1. The molecule has 0 amide bonds. The van der Waals surface area contributed by atoms with Crippen LogP contribution in [-0.2, 0) is 6.42 Å². The van der Waals surface area contributed by atoms with E-state index in [0.29, 0.717) is 0 Å². The minimum Gasteiger partial charge on any atom is -0.306 e. The van der Waals surface area contributed by atoms with Crippen LogP contribution in [0.15, 0.2) is 36.9 Å². The quantitative estimate of drug-likeness (QED) is 0.897. The van der Waals surface area contributed by atoms with Crippen LogP contribution >= 0.6 is 0 Å². The Morgan fingerprint density at radius 3 is 2.74 bits per heavy atom. The summed E-state index contributed by atoms with van der Waals surface area (Å²) in [6, 6.07) is 3.46. The van der Waals surface area contributed by atoms with Gasteiger partial charge in [-0.15, -0.1) is 0 Å². The van der Waals surface area contributed by atoms with Gasteiger partial charge in [0.1, 0.15) is 5.82 Å². The molecule has 0 spiro atoms. The lowest BCUT2D eigenvalue weighted by molar-refractivity contribution is 0.593. The summed E-state index contributed by atoms with van der Waals surface area (Å²) >= 11 is 0. The second-order valence-electron chi connectivity index (χ2n) is 4.36. The molecular weight excluding hydrogens is 241 g/mol. The van der Waals surface area contributed by atoms with Gasteiger partial charge in [0.2, 0.25) is 0 Å². The van der Waals surface area contributed by atoms with E-state index in [4.69, 9.17) is 0 Å².